The van der Waals surface area contributed by atoms with Crippen LogP contribution in [0, 0.1) is 0 Å². The zero-order chi connectivity index (χ0) is 22.5. The lowest BCUT2D eigenvalue weighted by atomic mass is 9.98. The Hall–Kier alpha value is -2.70. The number of nitrogens with one attached hydrogen (secondary N) is 1. The van der Waals surface area contributed by atoms with Gasteiger partial charge in [0.1, 0.15) is 0 Å². The third kappa shape index (κ3) is 5.37. The average molecular weight is 508 g/mol. The van der Waals surface area contributed by atoms with Gasteiger partial charge in [-0.15, -0.1) is 0 Å². The van der Waals surface area contributed by atoms with Crippen LogP contribution in [0.4, 0.5) is 5.69 Å². The van der Waals surface area contributed by atoms with Gasteiger partial charge < -0.3 is 10.2 Å². The van der Waals surface area contributed by atoms with E-state index in [1.165, 1.54) is 16.8 Å². The van der Waals surface area contributed by atoms with Gasteiger partial charge in [0.25, 0.3) is 0 Å². The molecule has 0 spiro atoms. The predicted octanol–water partition coefficient (Wildman–Crippen LogP) is 5.78. The molecule has 0 fully saturated rings. The Kier molecular flexibility index (Phi) is 7.22. The lowest BCUT2D eigenvalue weighted by Gasteiger charge is -2.25. The summed E-state index contributed by atoms with van der Waals surface area (Å²) in [6.45, 7) is 0.771. The van der Waals surface area contributed by atoms with Gasteiger partial charge in [0, 0.05) is 37.2 Å². The maximum absolute atomic E-state index is 5.79. The molecular weight excluding hydrogens is 480 g/mol. The molecule has 0 amide bonds. The predicted molar refractivity (Wildman–Crippen MR) is 141 cm³/mol. The van der Waals surface area contributed by atoms with Gasteiger partial charge in [-0.25, -0.2) is 5.01 Å². The Morgan fingerprint density at radius 3 is 2.50 bits per heavy atom. The first-order valence-electron chi connectivity index (χ1n) is 10.7. The number of hydrogen-bond acceptors (Lipinski definition) is 3. The molecule has 4 rings (SSSR count). The lowest BCUT2D eigenvalue weighted by molar-refractivity contribution is 0.364. The molecule has 1 aliphatic heterocycles. The second-order valence-corrected chi connectivity index (χ2v) is 9.38. The number of hydrogen-bond donors (Lipinski definition) is 1. The van der Waals surface area contributed by atoms with E-state index in [0.29, 0.717) is 5.11 Å². The molecule has 4 nitrogen and oxygen atoms in total. The molecule has 0 saturated heterocycles. The highest BCUT2D eigenvalue weighted by Gasteiger charge is 2.31. The van der Waals surface area contributed by atoms with Crippen LogP contribution in [0.25, 0.3) is 0 Å². The Labute approximate surface area is 204 Å². The van der Waals surface area contributed by atoms with E-state index in [1.54, 1.807) is 0 Å². The maximum Gasteiger partial charge on any atom is 0.190 e. The first-order chi connectivity index (χ1) is 15.5. The maximum atomic E-state index is 5.79. The Morgan fingerprint density at radius 2 is 1.81 bits per heavy atom. The molecule has 0 aliphatic carbocycles. The number of thiocarbonyl (C=S) groups is 1. The number of anilines is 1. The number of halogens is 1. The number of nitrogens with zero attached hydrogens (tertiary/aromatic N) is 3. The van der Waals surface area contributed by atoms with Crippen molar-refractivity contribution in [3.8, 4) is 0 Å². The molecule has 3 aromatic rings. The van der Waals surface area contributed by atoms with Crippen molar-refractivity contribution in [1.82, 2.24) is 10.3 Å². The zero-order valence-electron chi connectivity index (χ0n) is 18.3. The van der Waals surface area contributed by atoms with E-state index < -0.39 is 0 Å². The van der Waals surface area contributed by atoms with Gasteiger partial charge in [-0.1, -0.05) is 70.5 Å². The van der Waals surface area contributed by atoms with Crippen LogP contribution in [0.1, 0.15) is 29.2 Å². The van der Waals surface area contributed by atoms with Crippen molar-refractivity contribution in [3.05, 3.63) is 100 Å². The number of hydrazone groups is 1. The van der Waals surface area contributed by atoms with E-state index in [4.69, 9.17) is 17.3 Å². The second kappa shape index (κ2) is 10.3. The molecule has 32 heavy (non-hydrogen) atoms. The Bertz CT molecular complexity index is 1100. The summed E-state index contributed by atoms with van der Waals surface area (Å²) in [5.74, 6) is 0. The molecule has 1 atom stereocenters. The van der Waals surface area contributed by atoms with Crippen molar-refractivity contribution in [2.24, 2.45) is 5.10 Å². The van der Waals surface area contributed by atoms with Gasteiger partial charge >= 0.3 is 0 Å². The van der Waals surface area contributed by atoms with Crippen LogP contribution in [-0.4, -0.2) is 36.5 Å². The lowest BCUT2D eigenvalue weighted by Crippen LogP contribution is -2.37. The van der Waals surface area contributed by atoms with Crippen molar-refractivity contribution in [2.75, 3.05) is 25.5 Å². The number of benzene rings is 3. The fraction of sp³-hybridized carbons (Fsp3) is 0.231. The standard InChI is InChI=1S/C26H27BrN4S/c1-30(2)23-13-11-20(12-14-23)25-18-24(21-9-6-10-22(27)17-21)29-31(25)26(32)28-16-15-19-7-4-3-5-8-19/h3-14,17,25H,15-16,18H2,1-2H3,(H,28,32)/t25-/m0/s1. The van der Waals surface area contributed by atoms with Gasteiger partial charge in [0.05, 0.1) is 11.8 Å². The fourth-order valence-corrected chi connectivity index (χ4v) is 4.50. The number of rotatable bonds is 6. The monoisotopic (exact) mass is 506 g/mol. The van der Waals surface area contributed by atoms with Gasteiger partial charge in [-0.05, 0) is 59.6 Å². The highest BCUT2D eigenvalue weighted by atomic mass is 79.9. The van der Waals surface area contributed by atoms with Crippen LogP contribution in [0.5, 0.6) is 0 Å². The van der Waals surface area contributed by atoms with Crippen LogP contribution in [-0.2, 0) is 6.42 Å². The summed E-state index contributed by atoms with van der Waals surface area (Å²) in [7, 11) is 4.11. The van der Waals surface area contributed by atoms with Crippen molar-refractivity contribution in [2.45, 2.75) is 18.9 Å². The quantitative estimate of drug-likeness (QED) is 0.429. The second-order valence-electron chi connectivity index (χ2n) is 8.08. The molecule has 0 saturated carbocycles. The Balaban J connectivity index is 1.54. The SMILES string of the molecule is CN(C)c1ccc([C@@H]2CC(c3cccc(Br)c3)=NN2C(=S)NCCc2ccccc2)cc1. The highest BCUT2D eigenvalue weighted by molar-refractivity contribution is 9.10. The van der Waals surface area contributed by atoms with Crippen LogP contribution in [0.15, 0.2) is 88.4 Å². The minimum absolute atomic E-state index is 0.0666. The van der Waals surface area contributed by atoms with Gasteiger partial charge in [0.15, 0.2) is 5.11 Å². The van der Waals surface area contributed by atoms with Crippen LogP contribution >= 0.6 is 28.1 Å². The molecule has 1 N–H and O–H groups in total. The molecule has 0 aromatic heterocycles. The zero-order valence-corrected chi connectivity index (χ0v) is 20.7. The summed E-state index contributed by atoms with van der Waals surface area (Å²) < 4.78 is 1.05. The molecule has 3 aromatic carbocycles. The van der Waals surface area contributed by atoms with E-state index in [1.807, 2.05) is 23.2 Å². The van der Waals surface area contributed by atoms with E-state index in [-0.39, 0.29) is 6.04 Å². The van der Waals surface area contributed by atoms with Gasteiger partial charge in [0.2, 0.25) is 0 Å². The topological polar surface area (TPSA) is 30.9 Å². The molecule has 6 heteroatoms. The minimum atomic E-state index is 0.0666. The van der Waals surface area contributed by atoms with Gasteiger partial charge in [-0.3, -0.25) is 0 Å². The normalized spacial score (nSPS) is 15.4. The molecule has 0 unspecified atom stereocenters. The van der Waals surface area contributed by atoms with Crippen LogP contribution in [0.3, 0.4) is 0 Å². The largest absolute Gasteiger partial charge is 0.378 e. The molecule has 1 heterocycles. The van der Waals surface area contributed by atoms with Crippen molar-refractivity contribution >= 4 is 44.7 Å². The third-order valence-electron chi connectivity index (χ3n) is 5.60. The third-order valence-corrected chi connectivity index (χ3v) is 6.43. The van der Waals surface area contributed by atoms with Crippen LogP contribution < -0.4 is 10.2 Å². The first-order valence-corrected chi connectivity index (χ1v) is 11.9. The van der Waals surface area contributed by atoms with Gasteiger partial charge in [-0.2, -0.15) is 5.10 Å². The van der Waals surface area contributed by atoms with Crippen molar-refractivity contribution in [3.63, 3.8) is 0 Å². The van der Waals surface area contributed by atoms with E-state index in [0.717, 1.165) is 35.1 Å². The average Bonchev–Trinajstić information content (AvgIpc) is 3.25. The van der Waals surface area contributed by atoms with E-state index >= 15 is 0 Å². The Morgan fingerprint density at radius 1 is 1.06 bits per heavy atom. The van der Waals surface area contributed by atoms with E-state index in [2.05, 4.69) is 101 Å². The summed E-state index contributed by atoms with van der Waals surface area (Å²) in [5, 5.41) is 11.0. The molecule has 1 aliphatic rings. The summed E-state index contributed by atoms with van der Waals surface area (Å²) in [6, 6.07) is 27.5. The molecule has 164 valence electrons. The summed E-state index contributed by atoms with van der Waals surface area (Å²) in [4.78, 5) is 2.11. The molecule has 0 radical (unpaired) electrons. The molecular formula is C26H27BrN4S. The smallest absolute Gasteiger partial charge is 0.190 e. The summed E-state index contributed by atoms with van der Waals surface area (Å²) in [5.41, 5.74) is 5.83. The summed E-state index contributed by atoms with van der Waals surface area (Å²) in [6.07, 6.45) is 1.72. The first kappa shape index (κ1) is 22.5. The highest BCUT2D eigenvalue weighted by Crippen LogP contribution is 2.34. The fourth-order valence-electron chi connectivity index (χ4n) is 3.83. The van der Waals surface area contributed by atoms with E-state index in [9.17, 15) is 0 Å². The molecule has 0 bridgehead atoms. The van der Waals surface area contributed by atoms with Crippen LogP contribution in [0.2, 0.25) is 0 Å². The van der Waals surface area contributed by atoms with Crippen molar-refractivity contribution in [1.29, 1.82) is 0 Å². The van der Waals surface area contributed by atoms with Crippen molar-refractivity contribution < 1.29 is 0 Å². The summed E-state index contributed by atoms with van der Waals surface area (Å²) >= 11 is 9.37. The minimum Gasteiger partial charge on any atom is -0.378 e.